The van der Waals surface area contributed by atoms with Crippen LogP contribution in [-0.4, -0.2) is 42.8 Å². The molecular formula is C16H22N2O3. The standard InChI is InChI=1S/C16H22N2O3/c1-4-14-16(20)17-7-8-18(14)10-13-9-12(11(2)19)5-6-15(13)21-3/h5-6,9,14H,4,7-8,10H2,1-3H3,(H,17,20). The molecule has 2 rings (SSSR count). The van der Waals surface area contributed by atoms with Gasteiger partial charge in [0.25, 0.3) is 0 Å². The Balaban J connectivity index is 2.26. The van der Waals surface area contributed by atoms with Crippen LogP contribution in [-0.2, 0) is 11.3 Å². The van der Waals surface area contributed by atoms with Gasteiger partial charge in [0.05, 0.1) is 13.2 Å². The zero-order chi connectivity index (χ0) is 15.4. The highest BCUT2D eigenvalue weighted by atomic mass is 16.5. The van der Waals surface area contributed by atoms with Crippen molar-refractivity contribution in [3.8, 4) is 5.75 Å². The molecule has 0 bridgehead atoms. The summed E-state index contributed by atoms with van der Waals surface area (Å²) in [6, 6.07) is 5.33. The van der Waals surface area contributed by atoms with Crippen LogP contribution in [0.1, 0.15) is 36.2 Å². The van der Waals surface area contributed by atoms with E-state index in [9.17, 15) is 9.59 Å². The molecule has 5 heteroatoms. The lowest BCUT2D eigenvalue weighted by Gasteiger charge is -2.34. The van der Waals surface area contributed by atoms with Crippen molar-refractivity contribution in [3.05, 3.63) is 29.3 Å². The van der Waals surface area contributed by atoms with Gasteiger partial charge in [-0.2, -0.15) is 0 Å². The number of nitrogens with zero attached hydrogens (tertiary/aromatic N) is 1. The summed E-state index contributed by atoms with van der Waals surface area (Å²) in [6.07, 6.45) is 0.764. The molecule has 0 aromatic heterocycles. The Kier molecular flexibility index (Phi) is 4.96. The molecule has 5 nitrogen and oxygen atoms in total. The molecule has 1 heterocycles. The van der Waals surface area contributed by atoms with E-state index in [0.29, 0.717) is 18.7 Å². The Morgan fingerprint density at radius 1 is 1.48 bits per heavy atom. The molecule has 21 heavy (non-hydrogen) atoms. The van der Waals surface area contributed by atoms with Gasteiger partial charge in [-0.1, -0.05) is 6.92 Å². The minimum absolute atomic E-state index is 0.0299. The number of piperazine rings is 1. The molecule has 1 unspecified atom stereocenters. The molecule has 1 amide bonds. The molecule has 0 saturated carbocycles. The second-order valence-corrected chi connectivity index (χ2v) is 5.27. The molecule has 0 radical (unpaired) electrons. The van der Waals surface area contributed by atoms with Gasteiger partial charge in [-0.05, 0) is 31.5 Å². The Bertz CT molecular complexity index is 542. The highest BCUT2D eigenvalue weighted by molar-refractivity contribution is 5.94. The van der Waals surface area contributed by atoms with Crippen molar-refractivity contribution >= 4 is 11.7 Å². The van der Waals surface area contributed by atoms with E-state index in [1.54, 1.807) is 20.1 Å². The lowest BCUT2D eigenvalue weighted by Crippen LogP contribution is -2.54. The normalized spacial score (nSPS) is 19.2. The summed E-state index contributed by atoms with van der Waals surface area (Å²) >= 11 is 0. The number of methoxy groups -OCH3 is 1. The van der Waals surface area contributed by atoms with Crippen LogP contribution < -0.4 is 10.1 Å². The highest BCUT2D eigenvalue weighted by Crippen LogP contribution is 2.24. The molecule has 1 saturated heterocycles. The van der Waals surface area contributed by atoms with E-state index < -0.39 is 0 Å². The van der Waals surface area contributed by atoms with E-state index in [1.165, 1.54) is 0 Å². The first-order valence-electron chi connectivity index (χ1n) is 7.26. The third-order valence-electron chi connectivity index (χ3n) is 3.89. The first-order chi connectivity index (χ1) is 10.1. The Hall–Kier alpha value is -1.88. The molecule has 0 aliphatic carbocycles. The van der Waals surface area contributed by atoms with E-state index in [0.717, 1.165) is 24.3 Å². The van der Waals surface area contributed by atoms with Crippen LogP contribution in [0.4, 0.5) is 0 Å². The number of hydrogen-bond acceptors (Lipinski definition) is 4. The molecule has 1 aliphatic heterocycles. The number of carbonyl (C=O) groups is 2. The number of ketones is 1. The van der Waals surface area contributed by atoms with Crippen molar-refractivity contribution in [2.45, 2.75) is 32.9 Å². The van der Waals surface area contributed by atoms with Gasteiger partial charge >= 0.3 is 0 Å². The molecule has 114 valence electrons. The fourth-order valence-corrected chi connectivity index (χ4v) is 2.73. The Morgan fingerprint density at radius 3 is 2.86 bits per heavy atom. The van der Waals surface area contributed by atoms with Crippen LogP contribution in [0.15, 0.2) is 18.2 Å². The molecule has 1 aliphatic rings. The summed E-state index contributed by atoms with van der Waals surface area (Å²) < 4.78 is 5.38. The van der Waals surface area contributed by atoms with Crippen LogP contribution in [0.2, 0.25) is 0 Å². The lowest BCUT2D eigenvalue weighted by atomic mass is 10.0. The summed E-state index contributed by atoms with van der Waals surface area (Å²) in [5.74, 6) is 0.855. The van der Waals surface area contributed by atoms with Crippen molar-refractivity contribution in [1.82, 2.24) is 10.2 Å². The maximum atomic E-state index is 11.9. The first-order valence-corrected chi connectivity index (χ1v) is 7.26. The zero-order valence-corrected chi connectivity index (χ0v) is 12.8. The fourth-order valence-electron chi connectivity index (χ4n) is 2.73. The monoisotopic (exact) mass is 290 g/mol. The maximum absolute atomic E-state index is 11.9. The van der Waals surface area contributed by atoms with Gasteiger partial charge in [0.2, 0.25) is 5.91 Å². The highest BCUT2D eigenvalue weighted by Gasteiger charge is 2.28. The predicted octanol–water partition coefficient (Wildman–Crippen LogP) is 1.61. The summed E-state index contributed by atoms with van der Waals surface area (Å²) in [4.78, 5) is 25.6. The average Bonchev–Trinajstić information content (AvgIpc) is 2.47. The number of amides is 1. The van der Waals surface area contributed by atoms with Gasteiger partial charge in [0.15, 0.2) is 5.78 Å². The van der Waals surface area contributed by atoms with E-state index >= 15 is 0 Å². The van der Waals surface area contributed by atoms with Gasteiger partial charge in [-0.3, -0.25) is 14.5 Å². The second kappa shape index (κ2) is 6.72. The van der Waals surface area contributed by atoms with Gasteiger partial charge in [0, 0.05) is 30.8 Å². The molecule has 1 atom stereocenters. The zero-order valence-electron chi connectivity index (χ0n) is 12.8. The third-order valence-corrected chi connectivity index (χ3v) is 3.89. The average molecular weight is 290 g/mol. The van der Waals surface area contributed by atoms with Gasteiger partial charge in [-0.25, -0.2) is 0 Å². The van der Waals surface area contributed by atoms with Crippen molar-refractivity contribution in [2.75, 3.05) is 20.2 Å². The second-order valence-electron chi connectivity index (χ2n) is 5.27. The summed E-state index contributed by atoms with van der Waals surface area (Å²) in [5.41, 5.74) is 1.61. The van der Waals surface area contributed by atoms with Gasteiger partial charge in [0.1, 0.15) is 5.75 Å². The number of nitrogens with one attached hydrogen (secondary N) is 1. The van der Waals surface area contributed by atoms with Crippen molar-refractivity contribution < 1.29 is 14.3 Å². The summed E-state index contributed by atoms with van der Waals surface area (Å²) in [6.45, 7) is 5.62. The topological polar surface area (TPSA) is 58.6 Å². The van der Waals surface area contributed by atoms with Crippen LogP contribution >= 0.6 is 0 Å². The van der Waals surface area contributed by atoms with Crippen molar-refractivity contribution in [2.24, 2.45) is 0 Å². The number of rotatable bonds is 5. The third kappa shape index (κ3) is 3.42. The van der Waals surface area contributed by atoms with Crippen molar-refractivity contribution in [1.29, 1.82) is 0 Å². The number of carbonyl (C=O) groups excluding carboxylic acids is 2. The van der Waals surface area contributed by atoms with E-state index in [1.807, 2.05) is 19.1 Å². The Morgan fingerprint density at radius 2 is 2.24 bits per heavy atom. The SMILES string of the molecule is CCC1C(=O)NCCN1Cc1cc(C(C)=O)ccc1OC. The molecule has 1 fully saturated rings. The quantitative estimate of drug-likeness (QED) is 0.837. The number of ether oxygens (including phenoxy) is 1. The number of Topliss-reactive ketones (excluding diaryl/α,β-unsaturated/α-hetero) is 1. The summed E-state index contributed by atoms with van der Waals surface area (Å²) in [7, 11) is 1.62. The molecule has 1 aromatic rings. The predicted molar refractivity (Wildman–Crippen MR) is 80.5 cm³/mol. The van der Waals surface area contributed by atoms with Crippen molar-refractivity contribution in [3.63, 3.8) is 0 Å². The number of benzene rings is 1. The van der Waals surface area contributed by atoms with Gasteiger partial charge in [-0.15, -0.1) is 0 Å². The van der Waals surface area contributed by atoms with Crippen LogP contribution in [0.3, 0.4) is 0 Å². The van der Waals surface area contributed by atoms with E-state index in [4.69, 9.17) is 4.74 Å². The maximum Gasteiger partial charge on any atom is 0.237 e. The van der Waals surface area contributed by atoms with Gasteiger partial charge < -0.3 is 10.1 Å². The largest absolute Gasteiger partial charge is 0.496 e. The van der Waals surface area contributed by atoms with Crippen LogP contribution in [0.25, 0.3) is 0 Å². The minimum Gasteiger partial charge on any atom is -0.496 e. The Labute approximate surface area is 125 Å². The summed E-state index contributed by atoms with van der Waals surface area (Å²) in [5, 5.41) is 2.89. The van der Waals surface area contributed by atoms with Crippen LogP contribution in [0, 0.1) is 0 Å². The molecule has 0 spiro atoms. The molecular weight excluding hydrogens is 268 g/mol. The van der Waals surface area contributed by atoms with Crippen LogP contribution in [0.5, 0.6) is 5.75 Å². The lowest BCUT2D eigenvalue weighted by molar-refractivity contribution is -0.129. The minimum atomic E-state index is -0.121. The first kappa shape index (κ1) is 15.5. The fraction of sp³-hybridized carbons (Fsp3) is 0.500. The smallest absolute Gasteiger partial charge is 0.237 e. The number of hydrogen-bond donors (Lipinski definition) is 1. The van der Waals surface area contributed by atoms with E-state index in [-0.39, 0.29) is 17.7 Å². The molecule has 1 aromatic carbocycles. The molecule has 1 N–H and O–H groups in total. The van der Waals surface area contributed by atoms with E-state index in [2.05, 4.69) is 10.2 Å².